The van der Waals surface area contributed by atoms with Crippen LogP contribution < -0.4 is 10.6 Å². The summed E-state index contributed by atoms with van der Waals surface area (Å²) in [6.45, 7) is -3.78. The van der Waals surface area contributed by atoms with Gasteiger partial charge in [0.25, 0.3) is 23.2 Å². The van der Waals surface area contributed by atoms with Crippen LogP contribution in [-0.4, -0.2) is 45.9 Å². The van der Waals surface area contributed by atoms with Crippen molar-refractivity contribution in [3.63, 3.8) is 0 Å². The molecule has 0 aliphatic carbocycles. The number of halogens is 10. The second kappa shape index (κ2) is 12.1. The first-order valence-corrected chi connectivity index (χ1v) is 12.5. The molecule has 0 aromatic heterocycles. The summed E-state index contributed by atoms with van der Waals surface area (Å²) in [5.41, 5.74) is -10.6. The van der Waals surface area contributed by atoms with Crippen molar-refractivity contribution in [1.29, 1.82) is 0 Å². The van der Waals surface area contributed by atoms with Crippen LogP contribution in [-0.2, 0) is 15.9 Å². The fraction of sp³-hybridized carbons (Fsp3) is 0.417. The van der Waals surface area contributed by atoms with Crippen LogP contribution in [0.25, 0.3) is 0 Å². The molecule has 0 bridgehead atoms. The summed E-state index contributed by atoms with van der Waals surface area (Å²) >= 11 is 4.72. The van der Waals surface area contributed by atoms with Gasteiger partial charge in [0.2, 0.25) is 5.91 Å². The third-order valence-electron chi connectivity index (χ3n) is 7.05. The molecule has 2 aromatic carbocycles. The molecule has 9 nitrogen and oxygen atoms in total. The summed E-state index contributed by atoms with van der Waals surface area (Å²) in [7, 11) is 0. The molecule has 4 rings (SSSR count). The summed E-state index contributed by atoms with van der Waals surface area (Å²) in [6.07, 6.45) is -2.87. The Balaban J connectivity index is 0.000000240. The molecule has 2 fully saturated rings. The predicted octanol–water partition coefficient (Wildman–Crippen LogP) is 5.97. The Kier molecular flexibility index (Phi) is 9.47. The third kappa shape index (κ3) is 5.85. The number of piperidine rings is 2. The van der Waals surface area contributed by atoms with Gasteiger partial charge in [-0.1, -0.05) is 12.2 Å². The Morgan fingerprint density at radius 3 is 1.50 bits per heavy atom. The number of benzene rings is 2. The first-order chi connectivity index (χ1) is 20.3. The van der Waals surface area contributed by atoms with E-state index >= 15 is 0 Å². The van der Waals surface area contributed by atoms with Crippen LogP contribution >= 0.6 is 12.2 Å². The number of amides is 1. The molecule has 2 atom stereocenters. The second-order valence-corrected chi connectivity index (χ2v) is 10.2. The highest BCUT2D eigenvalue weighted by Crippen LogP contribution is 2.47. The number of nitro groups is 2. The van der Waals surface area contributed by atoms with E-state index in [1.54, 1.807) is 5.32 Å². The van der Waals surface area contributed by atoms with Crippen molar-refractivity contribution in [3.05, 3.63) is 78.9 Å². The zero-order chi connectivity index (χ0) is 33.4. The lowest BCUT2D eigenvalue weighted by atomic mass is 9.79. The number of thiocarbonyl (C=S) groups is 1. The lowest BCUT2D eigenvalue weighted by Crippen LogP contribution is -2.63. The zero-order valence-corrected chi connectivity index (χ0v) is 22.5. The van der Waals surface area contributed by atoms with Gasteiger partial charge in [-0.15, -0.1) is 0 Å². The molecule has 20 heteroatoms. The Morgan fingerprint density at radius 1 is 0.727 bits per heavy atom. The quantitative estimate of drug-likeness (QED) is 0.169. The summed E-state index contributed by atoms with van der Waals surface area (Å²) < 4.78 is 138. The predicted molar refractivity (Wildman–Crippen MR) is 134 cm³/mol. The molecule has 0 spiro atoms. The van der Waals surface area contributed by atoms with Gasteiger partial charge in [0.1, 0.15) is 13.3 Å². The van der Waals surface area contributed by atoms with Gasteiger partial charge in [0, 0.05) is 48.9 Å². The van der Waals surface area contributed by atoms with Gasteiger partial charge in [-0.2, -0.15) is 0 Å². The molecular weight excluding hydrogens is 646 g/mol. The fourth-order valence-corrected chi connectivity index (χ4v) is 4.94. The number of nitro benzene ring substituents is 2. The topological polar surface area (TPSA) is 127 Å². The van der Waals surface area contributed by atoms with Crippen molar-refractivity contribution < 1.29 is 58.5 Å². The molecule has 44 heavy (non-hydrogen) atoms. The van der Waals surface area contributed by atoms with Crippen LogP contribution in [0.15, 0.2) is 24.3 Å². The Bertz CT molecular complexity index is 1420. The normalized spacial score (nSPS) is 24.0. The number of hydrogen-bond acceptors (Lipinski definition) is 6. The van der Waals surface area contributed by atoms with Gasteiger partial charge in [0.15, 0.2) is 34.3 Å². The highest BCUT2D eigenvalue weighted by molar-refractivity contribution is 7.80. The van der Waals surface area contributed by atoms with Crippen molar-refractivity contribution in [3.8, 4) is 0 Å². The number of nitrogens with one attached hydrogen (secondary N) is 2. The van der Waals surface area contributed by atoms with Crippen LogP contribution in [0.5, 0.6) is 0 Å². The van der Waals surface area contributed by atoms with Crippen molar-refractivity contribution in [2.24, 2.45) is 0 Å². The minimum absolute atomic E-state index is 0.158. The maximum absolute atomic E-state index is 14.2. The maximum Gasteiger partial charge on any atom is 0.278 e. The van der Waals surface area contributed by atoms with E-state index in [-0.39, 0.29) is 23.5 Å². The Hall–Kier alpha value is -4.10. The first-order valence-electron chi connectivity index (χ1n) is 12.1. The molecule has 0 radical (unpaired) electrons. The largest absolute Gasteiger partial charge is 0.363 e. The molecule has 2 aromatic rings. The van der Waals surface area contributed by atoms with E-state index in [0.29, 0.717) is 12.1 Å². The monoisotopic (exact) mass is 664 g/mol. The third-order valence-corrected chi connectivity index (χ3v) is 7.36. The van der Waals surface area contributed by atoms with Gasteiger partial charge in [-0.05, 0) is 0 Å². The fourth-order valence-electron chi connectivity index (χ4n) is 4.67. The van der Waals surface area contributed by atoms with Crippen molar-refractivity contribution in [1.82, 2.24) is 10.6 Å². The number of hydrogen-bond donors (Lipinski definition) is 2. The van der Waals surface area contributed by atoms with Gasteiger partial charge >= 0.3 is 0 Å². The second-order valence-electron chi connectivity index (χ2n) is 9.68. The minimum Gasteiger partial charge on any atom is -0.363 e. The van der Waals surface area contributed by atoms with E-state index in [2.05, 4.69) is 0 Å². The summed E-state index contributed by atoms with van der Waals surface area (Å²) in [5.74, 6) is -15.9. The number of rotatable bonds is 6. The lowest BCUT2D eigenvalue weighted by Gasteiger charge is -2.43. The van der Waals surface area contributed by atoms with Gasteiger partial charge in [-0.3, -0.25) is 25.0 Å². The lowest BCUT2D eigenvalue weighted by molar-refractivity contribution is -0.385. The molecule has 2 aliphatic heterocycles. The smallest absolute Gasteiger partial charge is 0.278 e. The summed E-state index contributed by atoms with van der Waals surface area (Å²) in [4.78, 5) is 30.3. The van der Waals surface area contributed by atoms with E-state index in [9.17, 15) is 68.9 Å². The average Bonchev–Trinajstić information content (AvgIpc) is 2.94. The summed E-state index contributed by atoms with van der Waals surface area (Å²) in [6, 6.07) is 1.13. The zero-order valence-electron chi connectivity index (χ0n) is 21.7. The number of carbonyl (C=O) groups is 1. The van der Waals surface area contributed by atoms with Crippen LogP contribution in [0, 0.1) is 43.5 Å². The highest BCUT2D eigenvalue weighted by atomic mass is 32.1. The molecule has 240 valence electrons. The minimum atomic E-state index is -3.95. The molecule has 0 saturated carbocycles. The number of nitrogens with zero attached hydrogens (tertiary/aromatic N) is 2. The Morgan fingerprint density at radius 2 is 1.11 bits per heavy atom. The molecule has 2 N–H and O–H groups in total. The van der Waals surface area contributed by atoms with E-state index in [4.69, 9.17) is 12.2 Å². The standard InChI is InChI=1S/C12H9F5N2O3.C12H9F5N2O2S/c13-5-11(12(16,17)2-1-9(20)18-11)7-3-6(19(21)22)4-8(14)10(7)15;13-5-11(12(16,17)2-1-9(22)18-11)7-3-6(19(20)21)4-8(14)10(7)15/h3-4H,1-2,5H2,(H,18,20);3-4H,1-2,5H2,(H,18,22)/t2*11-/m11/s1. The molecular formula is C24H18F10N4O5S. The number of alkyl halides is 6. The van der Waals surface area contributed by atoms with E-state index in [0.717, 1.165) is 0 Å². The van der Waals surface area contributed by atoms with Crippen LogP contribution in [0.4, 0.5) is 55.3 Å². The Labute approximate surface area is 244 Å². The molecule has 1 amide bonds. The van der Waals surface area contributed by atoms with Gasteiger partial charge in [-0.25, -0.2) is 43.9 Å². The van der Waals surface area contributed by atoms with Crippen molar-refractivity contribution in [2.45, 2.75) is 48.6 Å². The molecule has 2 saturated heterocycles. The van der Waals surface area contributed by atoms with Crippen molar-refractivity contribution >= 4 is 34.5 Å². The van der Waals surface area contributed by atoms with Crippen LogP contribution in [0.3, 0.4) is 0 Å². The van der Waals surface area contributed by atoms with Crippen LogP contribution in [0.2, 0.25) is 0 Å². The summed E-state index contributed by atoms with van der Waals surface area (Å²) in [5, 5.41) is 25.0. The first kappa shape index (κ1) is 34.4. The highest BCUT2D eigenvalue weighted by Gasteiger charge is 2.61. The molecule has 2 aliphatic rings. The number of carbonyl (C=O) groups excluding carboxylic acids is 1. The molecule has 2 heterocycles. The van der Waals surface area contributed by atoms with E-state index < -0.39 is 117 Å². The molecule has 0 unspecified atom stereocenters. The van der Waals surface area contributed by atoms with Gasteiger partial charge < -0.3 is 10.6 Å². The maximum atomic E-state index is 14.2. The van der Waals surface area contributed by atoms with Crippen LogP contribution in [0.1, 0.15) is 36.8 Å². The average molecular weight is 664 g/mol. The SMILES string of the molecule is O=C1CCC(F)(F)[C@@](CF)(c2cc([N+](=O)[O-])cc(F)c2F)N1.O=[N+]([O-])c1cc(F)c(F)c([C@@]2(CF)NC(=S)CCC2(F)F)c1. The van der Waals surface area contributed by atoms with Gasteiger partial charge in [0.05, 0.1) is 27.0 Å². The number of non-ortho nitro benzene ring substituents is 2. The van der Waals surface area contributed by atoms with E-state index in [1.165, 1.54) is 0 Å². The van der Waals surface area contributed by atoms with E-state index in [1.807, 2.05) is 5.32 Å². The van der Waals surface area contributed by atoms with Crippen molar-refractivity contribution in [2.75, 3.05) is 13.3 Å².